The Labute approximate surface area is 166 Å². The molecule has 1 heterocycles. The molecule has 1 saturated heterocycles. The topological polar surface area (TPSA) is 90.3 Å². The minimum absolute atomic E-state index is 0.0917. The van der Waals surface area contributed by atoms with Crippen molar-refractivity contribution >= 4 is 21.8 Å². The van der Waals surface area contributed by atoms with Crippen molar-refractivity contribution in [1.82, 2.24) is 9.62 Å². The molecule has 0 atom stereocenters. The SMILES string of the molecule is CS(=O)(=O)NCCCCN1C(=N)CC(c2ccccc2)(c2ccccc2)C1=O. The van der Waals surface area contributed by atoms with Crippen molar-refractivity contribution in [3.63, 3.8) is 0 Å². The Morgan fingerprint density at radius 3 is 2.04 bits per heavy atom. The second kappa shape index (κ2) is 8.24. The van der Waals surface area contributed by atoms with Crippen LogP contribution in [0.25, 0.3) is 0 Å². The summed E-state index contributed by atoms with van der Waals surface area (Å²) < 4.78 is 24.7. The minimum atomic E-state index is -3.21. The molecule has 7 heteroatoms. The molecule has 0 aromatic heterocycles. The molecule has 0 bridgehead atoms. The van der Waals surface area contributed by atoms with E-state index in [9.17, 15) is 13.2 Å². The molecule has 6 nitrogen and oxygen atoms in total. The molecule has 0 aliphatic carbocycles. The third-order valence-corrected chi connectivity index (χ3v) is 5.80. The van der Waals surface area contributed by atoms with E-state index < -0.39 is 15.4 Å². The fourth-order valence-electron chi connectivity index (χ4n) is 3.73. The van der Waals surface area contributed by atoms with Gasteiger partial charge in [0.15, 0.2) is 0 Å². The van der Waals surface area contributed by atoms with Crippen molar-refractivity contribution in [3.8, 4) is 0 Å². The second-order valence-corrected chi connectivity index (χ2v) is 8.92. The fourth-order valence-corrected chi connectivity index (χ4v) is 4.24. The van der Waals surface area contributed by atoms with Crippen molar-refractivity contribution in [1.29, 1.82) is 5.41 Å². The van der Waals surface area contributed by atoms with Crippen molar-refractivity contribution < 1.29 is 13.2 Å². The van der Waals surface area contributed by atoms with Gasteiger partial charge in [-0.15, -0.1) is 0 Å². The second-order valence-electron chi connectivity index (χ2n) is 7.09. The lowest BCUT2D eigenvalue weighted by Gasteiger charge is -2.28. The number of hydrogen-bond donors (Lipinski definition) is 2. The highest BCUT2D eigenvalue weighted by molar-refractivity contribution is 7.88. The quantitative estimate of drug-likeness (QED) is 0.668. The number of amides is 1. The van der Waals surface area contributed by atoms with Gasteiger partial charge in [0.25, 0.3) is 0 Å². The molecule has 1 aliphatic rings. The van der Waals surface area contributed by atoms with Gasteiger partial charge < -0.3 is 0 Å². The number of nitrogens with zero attached hydrogens (tertiary/aromatic N) is 1. The zero-order valence-corrected chi connectivity index (χ0v) is 16.7. The van der Waals surface area contributed by atoms with E-state index in [1.54, 1.807) is 4.90 Å². The Hall–Kier alpha value is -2.51. The monoisotopic (exact) mass is 399 g/mol. The Bertz CT molecular complexity index is 904. The van der Waals surface area contributed by atoms with Crippen LogP contribution in [0.2, 0.25) is 0 Å². The van der Waals surface area contributed by atoms with Crippen molar-refractivity contribution in [2.75, 3.05) is 19.3 Å². The summed E-state index contributed by atoms with van der Waals surface area (Å²) in [4.78, 5) is 15.1. The summed E-state index contributed by atoms with van der Waals surface area (Å²) in [6.07, 6.45) is 2.67. The molecule has 3 rings (SSSR count). The van der Waals surface area contributed by atoms with Gasteiger partial charge in [0, 0.05) is 19.5 Å². The lowest BCUT2D eigenvalue weighted by atomic mass is 9.73. The number of carbonyl (C=O) groups is 1. The summed E-state index contributed by atoms with van der Waals surface area (Å²) in [7, 11) is -3.21. The molecule has 0 spiro atoms. The van der Waals surface area contributed by atoms with Gasteiger partial charge in [0.2, 0.25) is 15.9 Å². The summed E-state index contributed by atoms with van der Waals surface area (Å²) in [6, 6.07) is 19.3. The number of rotatable bonds is 8. The van der Waals surface area contributed by atoms with Gasteiger partial charge in [-0.1, -0.05) is 60.7 Å². The number of sulfonamides is 1. The van der Waals surface area contributed by atoms with Crippen LogP contribution in [0.5, 0.6) is 0 Å². The third kappa shape index (κ3) is 4.15. The standard InChI is InChI=1S/C21H25N3O3S/c1-28(26,27)23-14-8-9-15-24-19(22)16-21(20(24)25,17-10-4-2-5-11-17)18-12-6-3-7-13-18/h2-7,10-13,22-23H,8-9,14-16H2,1H3. The van der Waals surface area contributed by atoms with Gasteiger partial charge in [-0.05, 0) is 24.0 Å². The molecule has 2 N–H and O–H groups in total. The number of benzene rings is 2. The molecule has 1 aliphatic heterocycles. The van der Waals surface area contributed by atoms with E-state index in [0.29, 0.717) is 38.2 Å². The van der Waals surface area contributed by atoms with Crippen LogP contribution >= 0.6 is 0 Å². The highest BCUT2D eigenvalue weighted by Gasteiger charge is 2.51. The summed E-state index contributed by atoms with van der Waals surface area (Å²) in [6.45, 7) is 0.737. The maximum Gasteiger partial charge on any atom is 0.243 e. The first-order valence-electron chi connectivity index (χ1n) is 9.30. The Morgan fingerprint density at radius 1 is 1.00 bits per heavy atom. The molecule has 28 heavy (non-hydrogen) atoms. The van der Waals surface area contributed by atoms with E-state index in [-0.39, 0.29) is 5.91 Å². The number of hydrogen-bond acceptors (Lipinski definition) is 4. The number of amidine groups is 1. The van der Waals surface area contributed by atoms with Crippen molar-refractivity contribution in [2.45, 2.75) is 24.7 Å². The molecule has 0 saturated carbocycles. The summed E-state index contributed by atoms with van der Waals surface area (Å²) in [5.74, 6) is 0.208. The number of likely N-dealkylation sites (tertiary alicyclic amines) is 1. The van der Waals surface area contributed by atoms with Gasteiger partial charge in [0.05, 0.1) is 6.26 Å². The predicted molar refractivity (Wildman–Crippen MR) is 110 cm³/mol. The number of nitrogens with one attached hydrogen (secondary N) is 2. The van der Waals surface area contributed by atoms with Gasteiger partial charge >= 0.3 is 0 Å². The maximum atomic E-state index is 13.5. The molecule has 2 aromatic carbocycles. The molecule has 1 amide bonds. The minimum Gasteiger partial charge on any atom is -0.300 e. The molecule has 2 aromatic rings. The van der Waals surface area contributed by atoms with E-state index in [1.165, 1.54) is 0 Å². The Morgan fingerprint density at radius 2 is 1.54 bits per heavy atom. The van der Waals surface area contributed by atoms with Crippen LogP contribution in [0, 0.1) is 5.41 Å². The molecule has 1 fully saturated rings. The van der Waals surface area contributed by atoms with Gasteiger partial charge in [-0.25, -0.2) is 13.1 Å². The first-order valence-corrected chi connectivity index (χ1v) is 11.2. The largest absolute Gasteiger partial charge is 0.300 e. The van der Waals surface area contributed by atoms with Crippen LogP contribution in [0.3, 0.4) is 0 Å². The van der Waals surface area contributed by atoms with Gasteiger partial charge in [-0.3, -0.25) is 15.1 Å². The first kappa shape index (κ1) is 20.2. The van der Waals surface area contributed by atoms with Crippen LogP contribution in [-0.4, -0.2) is 44.4 Å². The van der Waals surface area contributed by atoms with Gasteiger partial charge in [-0.2, -0.15) is 0 Å². The smallest absolute Gasteiger partial charge is 0.243 e. The normalized spacial score (nSPS) is 16.5. The van der Waals surface area contributed by atoms with Crippen LogP contribution in [0.4, 0.5) is 0 Å². The van der Waals surface area contributed by atoms with Crippen molar-refractivity contribution in [3.05, 3.63) is 71.8 Å². The molecule has 148 valence electrons. The highest BCUT2D eigenvalue weighted by atomic mass is 32.2. The number of carbonyl (C=O) groups excluding carboxylic acids is 1. The average Bonchev–Trinajstić information content (AvgIpc) is 2.93. The molecular formula is C21H25N3O3S. The average molecular weight is 400 g/mol. The maximum absolute atomic E-state index is 13.5. The van der Waals surface area contributed by atoms with Crippen molar-refractivity contribution in [2.24, 2.45) is 0 Å². The van der Waals surface area contributed by atoms with E-state index >= 15 is 0 Å². The summed E-state index contributed by atoms with van der Waals surface area (Å²) >= 11 is 0. The molecular weight excluding hydrogens is 374 g/mol. The van der Waals surface area contributed by atoms with Crippen LogP contribution < -0.4 is 4.72 Å². The zero-order valence-electron chi connectivity index (χ0n) is 15.9. The van der Waals surface area contributed by atoms with Crippen LogP contribution in [-0.2, 0) is 20.2 Å². The summed E-state index contributed by atoms with van der Waals surface area (Å²) in [5, 5.41) is 8.46. The van der Waals surface area contributed by atoms with E-state index in [1.807, 2.05) is 60.7 Å². The van der Waals surface area contributed by atoms with Gasteiger partial charge in [0.1, 0.15) is 11.3 Å². The van der Waals surface area contributed by atoms with Crippen LogP contribution in [0.15, 0.2) is 60.7 Å². The zero-order chi connectivity index (χ0) is 20.2. The lowest BCUT2D eigenvalue weighted by molar-refractivity contribution is -0.129. The highest BCUT2D eigenvalue weighted by Crippen LogP contribution is 2.42. The van der Waals surface area contributed by atoms with Crippen LogP contribution in [0.1, 0.15) is 30.4 Å². The molecule has 0 radical (unpaired) electrons. The lowest BCUT2D eigenvalue weighted by Crippen LogP contribution is -2.40. The Balaban J connectivity index is 1.82. The van der Waals surface area contributed by atoms with E-state index in [2.05, 4.69) is 4.72 Å². The van der Waals surface area contributed by atoms with E-state index in [0.717, 1.165) is 17.4 Å². The fraction of sp³-hybridized carbons (Fsp3) is 0.333. The number of unbranched alkanes of at least 4 members (excludes halogenated alkanes) is 1. The first-order chi connectivity index (χ1) is 13.3. The Kier molecular flexibility index (Phi) is 5.96. The van der Waals surface area contributed by atoms with E-state index in [4.69, 9.17) is 5.41 Å². The third-order valence-electron chi connectivity index (χ3n) is 5.07. The predicted octanol–water partition coefficient (Wildman–Crippen LogP) is 2.51. The summed E-state index contributed by atoms with van der Waals surface area (Å²) in [5.41, 5.74) is 0.888. The molecule has 0 unspecified atom stereocenters.